The van der Waals surface area contributed by atoms with E-state index in [2.05, 4.69) is 0 Å². The second kappa shape index (κ2) is 8.28. The number of amides is 1. The Bertz CT molecular complexity index is 1030. The third kappa shape index (κ3) is 4.02. The van der Waals surface area contributed by atoms with E-state index in [1.54, 1.807) is 59.8 Å². The first-order valence-corrected chi connectivity index (χ1v) is 11.5. The van der Waals surface area contributed by atoms with E-state index in [9.17, 15) is 13.2 Å². The van der Waals surface area contributed by atoms with E-state index in [1.807, 2.05) is 6.07 Å². The number of ether oxygens (including phenoxy) is 2. The van der Waals surface area contributed by atoms with Gasteiger partial charge in [-0.25, -0.2) is 8.42 Å². The molecule has 0 aromatic heterocycles. The monoisotopic (exact) mass is 430 g/mol. The van der Waals surface area contributed by atoms with Gasteiger partial charge in [-0.15, -0.1) is 0 Å². The molecule has 2 fully saturated rings. The summed E-state index contributed by atoms with van der Waals surface area (Å²) in [6.07, 6.45) is 3.05. The third-order valence-corrected chi connectivity index (χ3v) is 7.51. The molecule has 2 aromatic carbocycles. The van der Waals surface area contributed by atoms with Gasteiger partial charge in [0.1, 0.15) is 11.5 Å². The maximum absolute atomic E-state index is 13.4. The summed E-state index contributed by atoms with van der Waals surface area (Å²) in [7, 11) is -0.555. The Labute approximate surface area is 177 Å². The van der Waals surface area contributed by atoms with Gasteiger partial charge in [0.2, 0.25) is 15.9 Å². The van der Waals surface area contributed by atoms with Crippen molar-refractivity contribution in [2.24, 2.45) is 0 Å². The molecule has 1 saturated heterocycles. The molecule has 8 heteroatoms. The Kier molecular flexibility index (Phi) is 5.71. The molecule has 1 aliphatic heterocycles. The summed E-state index contributed by atoms with van der Waals surface area (Å²) in [6.45, 7) is 0.883. The molecular weight excluding hydrogens is 404 g/mol. The predicted octanol–water partition coefficient (Wildman–Crippen LogP) is 3.18. The Morgan fingerprint density at radius 3 is 2.37 bits per heavy atom. The van der Waals surface area contributed by atoms with Gasteiger partial charge in [0.05, 0.1) is 19.1 Å². The Morgan fingerprint density at radius 1 is 1.07 bits per heavy atom. The molecule has 2 aromatic rings. The Balaban J connectivity index is 1.62. The van der Waals surface area contributed by atoms with Gasteiger partial charge < -0.3 is 14.4 Å². The average molecular weight is 431 g/mol. The fraction of sp³-hybridized carbons (Fsp3) is 0.409. The number of nitrogens with zero attached hydrogens (tertiary/aromatic N) is 2. The van der Waals surface area contributed by atoms with E-state index < -0.39 is 10.0 Å². The molecule has 1 aliphatic carbocycles. The predicted molar refractivity (Wildman–Crippen MR) is 113 cm³/mol. The molecule has 30 heavy (non-hydrogen) atoms. The maximum Gasteiger partial charge on any atom is 0.243 e. The first kappa shape index (κ1) is 20.7. The van der Waals surface area contributed by atoms with Crippen LogP contribution in [0, 0.1) is 0 Å². The summed E-state index contributed by atoms with van der Waals surface area (Å²) in [4.78, 5) is 13.9. The van der Waals surface area contributed by atoms with Crippen molar-refractivity contribution in [3.63, 3.8) is 0 Å². The van der Waals surface area contributed by atoms with Gasteiger partial charge in [-0.2, -0.15) is 4.31 Å². The first-order chi connectivity index (χ1) is 14.4. The van der Waals surface area contributed by atoms with Crippen molar-refractivity contribution >= 4 is 21.6 Å². The van der Waals surface area contributed by atoms with Crippen molar-refractivity contribution in [2.45, 2.75) is 43.2 Å². The van der Waals surface area contributed by atoms with Crippen LogP contribution in [0.15, 0.2) is 47.4 Å². The van der Waals surface area contributed by atoms with Crippen molar-refractivity contribution in [3.05, 3.63) is 48.0 Å². The zero-order chi connectivity index (χ0) is 21.3. The molecule has 7 nitrogen and oxygen atoms in total. The highest BCUT2D eigenvalue weighted by Crippen LogP contribution is 2.36. The van der Waals surface area contributed by atoms with E-state index >= 15 is 0 Å². The average Bonchev–Trinajstić information content (AvgIpc) is 3.51. The van der Waals surface area contributed by atoms with Gasteiger partial charge in [-0.3, -0.25) is 4.79 Å². The number of hydrogen-bond donors (Lipinski definition) is 0. The minimum absolute atomic E-state index is 0.0225. The number of hydrogen-bond acceptors (Lipinski definition) is 5. The highest BCUT2D eigenvalue weighted by molar-refractivity contribution is 7.89. The van der Waals surface area contributed by atoms with Crippen molar-refractivity contribution in [2.75, 3.05) is 25.7 Å². The highest BCUT2D eigenvalue weighted by atomic mass is 32.2. The van der Waals surface area contributed by atoms with Crippen LogP contribution in [0.3, 0.4) is 0 Å². The van der Waals surface area contributed by atoms with Crippen LogP contribution in [0.25, 0.3) is 0 Å². The highest BCUT2D eigenvalue weighted by Gasteiger charge is 2.38. The van der Waals surface area contributed by atoms with Crippen molar-refractivity contribution in [3.8, 4) is 11.5 Å². The lowest BCUT2D eigenvalue weighted by Crippen LogP contribution is -2.33. The molecule has 0 unspecified atom stereocenters. The van der Waals surface area contributed by atoms with Crippen LogP contribution in [0.5, 0.6) is 11.5 Å². The molecule has 0 atom stereocenters. The van der Waals surface area contributed by atoms with Crippen molar-refractivity contribution in [1.82, 2.24) is 4.31 Å². The van der Waals surface area contributed by atoms with Gasteiger partial charge in [0, 0.05) is 36.8 Å². The smallest absolute Gasteiger partial charge is 0.243 e. The van der Waals surface area contributed by atoms with Crippen LogP contribution in [0.4, 0.5) is 5.69 Å². The summed E-state index contributed by atoms with van der Waals surface area (Å²) >= 11 is 0. The summed E-state index contributed by atoms with van der Waals surface area (Å²) < 4.78 is 39.2. The molecule has 1 amide bonds. The molecule has 0 N–H and O–H groups in total. The van der Waals surface area contributed by atoms with Crippen LogP contribution in [0.2, 0.25) is 0 Å². The Hall–Kier alpha value is -2.58. The fourth-order valence-corrected chi connectivity index (χ4v) is 5.46. The molecule has 0 spiro atoms. The number of methoxy groups -OCH3 is 2. The molecule has 1 saturated carbocycles. The number of anilines is 1. The van der Waals surface area contributed by atoms with Crippen LogP contribution < -0.4 is 14.4 Å². The largest absolute Gasteiger partial charge is 0.497 e. The number of rotatable bonds is 8. The zero-order valence-corrected chi connectivity index (χ0v) is 18.0. The van der Waals surface area contributed by atoms with Gasteiger partial charge >= 0.3 is 0 Å². The lowest BCUT2D eigenvalue weighted by atomic mass is 10.2. The van der Waals surface area contributed by atoms with Crippen LogP contribution in [-0.4, -0.2) is 45.4 Å². The van der Waals surface area contributed by atoms with Gasteiger partial charge in [-0.05, 0) is 61.7 Å². The number of benzene rings is 2. The van der Waals surface area contributed by atoms with E-state index in [4.69, 9.17) is 9.47 Å². The fourth-order valence-electron chi connectivity index (χ4n) is 3.80. The normalized spacial score (nSPS) is 16.9. The van der Waals surface area contributed by atoms with E-state index in [1.165, 1.54) is 0 Å². The van der Waals surface area contributed by atoms with E-state index in [0.29, 0.717) is 24.5 Å². The lowest BCUT2D eigenvalue weighted by Gasteiger charge is -2.24. The second-order valence-electron chi connectivity index (χ2n) is 7.60. The quantitative estimate of drug-likeness (QED) is 0.643. The summed E-state index contributed by atoms with van der Waals surface area (Å²) in [5.74, 6) is 1.36. The number of carbonyl (C=O) groups excluding carboxylic acids is 1. The lowest BCUT2D eigenvalue weighted by molar-refractivity contribution is -0.117. The molecule has 0 radical (unpaired) electrons. The van der Waals surface area contributed by atoms with Gasteiger partial charge in [0.25, 0.3) is 0 Å². The number of sulfonamides is 1. The van der Waals surface area contributed by atoms with Crippen molar-refractivity contribution in [1.29, 1.82) is 0 Å². The topological polar surface area (TPSA) is 76.2 Å². The minimum atomic E-state index is -3.70. The SMILES string of the molecule is COc1ccc(OC)c(CN(C2CC2)S(=O)(=O)c2ccc(N3CCCC3=O)cc2)c1. The molecule has 4 rings (SSSR count). The van der Waals surface area contributed by atoms with Crippen LogP contribution >= 0.6 is 0 Å². The van der Waals surface area contributed by atoms with E-state index in [0.717, 1.165) is 30.5 Å². The minimum Gasteiger partial charge on any atom is -0.497 e. The second-order valence-corrected chi connectivity index (χ2v) is 9.49. The van der Waals surface area contributed by atoms with Crippen molar-refractivity contribution < 1.29 is 22.7 Å². The summed E-state index contributed by atoms with van der Waals surface area (Å²) in [6, 6.07) is 12.0. The van der Waals surface area contributed by atoms with Gasteiger partial charge in [0.15, 0.2) is 0 Å². The van der Waals surface area contributed by atoms with Gasteiger partial charge in [-0.1, -0.05) is 0 Å². The Morgan fingerprint density at radius 2 is 1.80 bits per heavy atom. The summed E-state index contributed by atoms with van der Waals surface area (Å²) in [5, 5.41) is 0. The molecule has 2 aliphatic rings. The third-order valence-electron chi connectivity index (χ3n) is 5.60. The van der Waals surface area contributed by atoms with Crippen LogP contribution in [-0.2, 0) is 21.4 Å². The molecule has 160 valence electrons. The summed E-state index contributed by atoms with van der Waals surface area (Å²) in [5.41, 5.74) is 1.50. The molecule has 0 bridgehead atoms. The number of carbonyl (C=O) groups is 1. The van der Waals surface area contributed by atoms with E-state index in [-0.39, 0.29) is 23.4 Å². The zero-order valence-electron chi connectivity index (χ0n) is 17.2. The first-order valence-electron chi connectivity index (χ1n) is 10.1. The molecule has 1 heterocycles. The maximum atomic E-state index is 13.4. The standard InChI is InChI=1S/C22H26N2O5S/c1-28-19-9-12-21(29-2)16(14-19)15-24(18-5-6-18)30(26,27)20-10-7-17(8-11-20)23-13-3-4-22(23)25/h7-12,14,18H,3-6,13,15H2,1-2H3. The van der Waals surface area contributed by atoms with Crippen LogP contribution in [0.1, 0.15) is 31.2 Å². The molecular formula is C22H26N2O5S.